The van der Waals surface area contributed by atoms with Crippen LogP contribution in [0.25, 0.3) is 0 Å². The average molecular weight is 1260 g/mol. The van der Waals surface area contributed by atoms with E-state index in [-0.39, 0.29) is 130 Å². The van der Waals surface area contributed by atoms with Crippen LogP contribution in [0.15, 0.2) is 78.9 Å². The molecular formula is C71H101N5O15. The Morgan fingerprint density at radius 1 is 0.659 bits per heavy atom. The molecule has 2 aliphatic rings. The van der Waals surface area contributed by atoms with Crippen LogP contribution in [0.1, 0.15) is 129 Å². The minimum Gasteiger partial charge on any atom is -0.481 e. The summed E-state index contributed by atoms with van der Waals surface area (Å²) in [6.45, 7) is 16.6. The number of carbonyl (C=O) groups is 8. The number of Topliss-reactive ketones (excluding diaryl/α,β-unsaturated/α-hetero) is 2. The van der Waals surface area contributed by atoms with E-state index in [1.165, 1.54) is 19.1 Å². The smallest absolute Gasteiger partial charge is 0.307 e. The maximum Gasteiger partial charge on any atom is 0.307 e. The Morgan fingerprint density at radius 2 is 1.26 bits per heavy atom. The van der Waals surface area contributed by atoms with Gasteiger partial charge in [-0.25, -0.2) is 0 Å². The van der Waals surface area contributed by atoms with E-state index in [1.807, 2.05) is 120 Å². The molecule has 9 atom stereocenters. The van der Waals surface area contributed by atoms with Gasteiger partial charge in [0.2, 0.25) is 29.5 Å². The van der Waals surface area contributed by atoms with E-state index in [0.717, 1.165) is 27.9 Å². The van der Waals surface area contributed by atoms with Crippen molar-refractivity contribution < 1.29 is 71.9 Å². The predicted molar refractivity (Wildman–Crippen MR) is 347 cm³/mol. The van der Waals surface area contributed by atoms with Crippen LogP contribution in [-0.2, 0) is 79.7 Å². The van der Waals surface area contributed by atoms with E-state index in [1.54, 1.807) is 35.7 Å². The molecule has 91 heavy (non-hydrogen) atoms. The van der Waals surface area contributed by atoms with Crippen LogP contribution < -0.4 is 10.2 Å². The van der Waals surface area contributed by atoms with E-state index < -0.39 is 54.1 Å². The SMILES string of the molecule is CC[C@H](C)[C@@H]([C@@H](CC(=O)N1CCC[C@H]1[C@H](OC)[C@@H](C)C(=O)C[C@@H](Cc1ccccc1)C(=O)O)OC)N(C)C(=O)C(CC(=O)[C@H](C(C)C)N(C)C(=O)CCOCCOCCOCCOCCNC(=O)CCC(=O)N1Cc2ccccc2C#Cc2ccccc21)C(C)C. The molecule has 0 saturated carbocycles. The number of nitrogens with zero attached hydrogens (tertiary/aromatic N) is 4. The molecule has 2 heterocycles. The van der Waals surface area contributed by atoms with Gasteiger partial charge in [-0.3, -0.25) is 38.4 Å². The number of methoxy groups -OCH3 is 2. The van der Waals surface area contributed by atoms with E-state index >= 15 is 0 Å². The molecule has 0 aromatic heterocycles. The number of anilines is 1. The molecule has 5 amide bonds. The number of carboxylic acids is 1. The molecule has 3 aromatic carbocycles. The van der Waals surface area contributed by atoms with Crippen LogP contribution in [0.2, 0.25) is 0 Å². The minimum atomic E-state index is -1.05. The third kappa shape index (κ3) is 22.7. The molecule has 2 aliphatic heterocycles. The summed E-state index contributed by atoms with van der Waals surface area (Å²) >= 11 is 0. The second-order valence-electron chi connectivity index (χ2n) is 24.7. The van der Waals surface area contributed by atoms with Crippen LogP contribution in [0.4, 0.5) is 5.69 Å². The zero-order chi connectivity index (χ0) is 66.6. The average Bonchev–Trinajstić information content (AvgIpc) is 1.76. The first-order valence-electron chi connectivity index (χ1n) is 32.4. The molecule has 1 saturated heterocycles. The fourth-order valence-corrected chi connectivity index (χ4v) is 12.3. The molecule has 0 radical (unpaired) electrons. The normalized spacial score (nSPS) is 16.3. The first-order chi connectivity index (χ1) is 43.6. The Morgan fingerprint density at radius 3 is 1.88 bits per heavy atom. The number of benzene rings is 3. The number of aliphatic carboxylic acids is 1. The van der Waals surface area contributed by atoms with Crippen molar-refractivity contribution in [3.8, 4) is 11.8 Å². The van der Waals surface area contributed by atoms with E-state index in [2.05, 4.69) is 17.2 Å². The largest absolute Gasteiger partial charge is 0.481 e. The highest BCUT2D eigenvalue weighted by Crippen LogP contribution is 2.33. The van der Waals surface area contributed by atoms with Gasteiger partial charge in [0.15, 0.2) is 5.78 Å². The van der Waals surface area contributed by atoms with Gasteiger partial charge in [0.1, 0.15) is 5.78 Å². The van der Waals surface area contributed by atoms with Crippen molar-refractivity contribution >= 4 is 52.8 Å². The summed E-state index contributed by atoms with van der Waals surface area (Å²) in [4.78, 5) is 116. The fourth-order valence-electron chi connectivity index (χ4n) is 12.3. The van der Waals surface area contributed by atoms with E-state index in [4.69, 9.17) is 28.4 Å². The molecule has 20 nitrogen and oxygen atoms in total. The summed E-state index contributed by atoms with van der Waals surface area (Å²) in [5.74, 6) is 0.752. The van der Waals surface area contributed by atoms with Crippen LogP contribution in [0.5, 0.6) is 0 Å². The first kappa shape index (κ1) is 74.9. The summed E-state index contributed by atoms with van der Waals surface area (Å²) in [5.41, 5.74) is 4.12. The zero-order valence-corrected chi connectivity index (χ0v) is 55.7. The maximum absolute atomic E-state index is 14.8. The number of carbonyl (C=O) groups excluding carboxylic acids is 7. The second-order valence-corrected chi connectivity index (χ2v) is 24.7. The number of hydrogen-bond donors (Lipinski definition) is 2. The topological polar surface area (TPSA) is 237 Å². The van der Waals surface area contributed by atoms with Crippen molar-refractivity contribution in [3.05, 3.63) is 101 Å². The quantitative estimate of drug-likeness (QED) is 0.0407. The molecule has 500 valence electrons. The molecule has 1 unspecified atom stereocenters. The Balaban J connectivity index is 0.989. The monoisotopic (exact) mass is 1260 g/mol. The van der Waals surface area contributed by atoms with Crippen LogP contribution in [0.3, 0.4) is 0 Å². The molecule has 1 fully saturated rings. The third-order valence-corrected chi connectivity index (χ3v) is 17.7. The van der Waals surface area contributed by atoms with Gasteiger partial charge in [-0.2, -0.15) is 0 Å². The number of ether oxygens (including phenoxy) is 6. The first-order valence-corrected chi connectivity index (χ1v) is 32.4. The number of likely N-dealkylation sites (tertiary alicyclic amines) is 1. The molecule has 0 spiro atoms. The van der Waals surface area contributed by atoms with E-state index in [9.17, 15) is 43.5 Å². The Bertz CT molecular complexity index is 2890. The Hall–Kier alpha value is -6.86. The van der Waals surface area contributed by atoms with Crippen molar-refractivity contribution in [2.24, 2.45) is 35.5 Å². The summed E-state index contributed by atoms with van der Waals surface area (Å²) in [5, 5.41) is 12.9. The van der Waals surface area contributed by atoms with Crippen molar-refractivity contribution in [2.75, 3.05) is 99.2 Å². The lowest BCUT2D eigenvalue weighted by molar-refractivity contribution is -0.150. The minimum absolute atomic E-state index is 0.0344. The van der Waals surface area contributed by atoms with Gasteiger partial charge in [-0.05, 0) is 66.3 Å². The summed E-state index contributed by atoms with van der Waals surface area (Å²) in [7, 11) is 6.34. The number of hydrogen-bond acceptors (Lipinski definition) is 14. The zero-order valence-electron chi connectivity index (χ0n) is 55.7. The lowest BCUT2D eigenvalue weighted by Gasteiger charge is -2.41. The lowest BCUT2D eigenvalue weighted by atomic mass is 9.83. The molecule has 0 bridgehead atoms. The Kier molecular flexibility index (Phi) is 32.0. The van der Waals surface area contributed by atoms with Crippen molar-refractivity contribution in [2.45, 2.75) is 150 Å². The molecule has 3 aromatic rings. The van der Waals surface area contributed by atoms with Gasteiger partial charge in [0, 0.05) is 90.1 Å². The van der Waals surface area contributed by atoms with Crippen molar-refractivity contribution in [1.82, 2.24) is 20.0 Å². The van der Waals surface area contributed by atoms with Crippen molar-refractivity contribution in [1.29, 1.82) is 0 Å². The maximum atomic E-state index is 14.8. The molecule has 5 rings (SSSR count). The highest BCUT2D eigenvalue weighted by Gasteiger charge is 2.44. The van der Waals surface area contributed by atoms with Crippen LogP contribution in [0, 0.1) is 47.3 Å². The van der Waals surface area contributed by atoms with Crippen LogP contribution in [-0.4, -0.2) is 191 Å². The van der Waals surface area contributed by atoms with Gasteiger partial charge >= 0.3 is 5.97 Å². The number of likely N-dealkylation sites (N-methyl/N-ethyl adjacent to an activating group) is 2. The van der Waals surface area contributed by atoms with Gasteiger partial charge in [0.25, 0.3) is 0 Å². The van der Waals surface area contributed by atoms with Crippen LogP contribution >= 0.6 is 0 Å². The Labute approximate surface area is 539 Å². The standard InChI is InChI=1S/C71H101N5O15/c1-12-50(6)68(62(86-10)46-66(82)75-34-20-27-59(75)69(87-11)51(7)60(77)44-56(71(84)85)43-52-21-14-13-15-22-52)74(9)70(83)57(48(2)3)45-61(78)67(49(4)5)73(8)64(80)32-35-88-37-39-90-41-42-91-40-38-89-36-33-72-63(79)30-31-65(81)76-47-55-25-17-16-23-53(55)28-29-54-24-18-19-26-58(54)76/h13-19,21-26,48-51,56-57,59,62,67-69H,12,20,27,30-47H2,1-11H3,(H,72,79)(H,84,85)/t50-,51-,56+,57?,59-,62+,67-,68-,69+/m0/s1. The predicted octanol–water partition coefficient (Wildman–Crippen LogP) is 7.82. The number of para-hydroxylation sites is 1. The van der Waals surface area contributed by atoms with Gasteiger partial charge in [-0.1, -0.05) is 127 Å². The molecular weight excluding hydrogens is 1160 g/mol. The third-order valence-electron chi connectivity index (χ3n) is 17.7. The molecule has 2 N–H and O–H groups in total. The fraction of sp³-hybridized carbons (Fsp3) is 0.606. The summed E-state index contributed by atoms with van der Waals surface area (Å²) in [6, 6.07) is 22.7. The number of ketones is 2. The van der Waals surface area contributed by atoms with Gasteiger partial charge in [0.05, 0.1) is 114 Å². The highest BCUT2D eigenvalue weighted by molar-refractivity contribution is 5.97. The number of carboxylic acid groups (broad SMARTS) is 1. The number of rotatable bonds is 41. The van der Waals surface area contributed by atoms with Gasteiger partial charge < -0.3 is 58.4 Å². The number of amides is 5. The molecule has 0 aliphatic carbocycles. The van der Waals surface area contributed by atoms with Gasteiger partial charge in [-0.15, -0.1) is 0 Å². The highest BCUT2D eigenvalue weighted by atomic mass is 16.6. The summed E-state index contributed by atoms with van der Waals surface area (Å²) in [6.07, 6.45) is 0.543. The number of nitrogens with one attached hydrogen (secondary N) is 1. The molecule has 20 heteroatoms. The van der Waals surface area contributed by atoms with Crippen molar-refractivity contribution in [3.63, 3.8) is 0 Å². The summed E-state index contributed by atoms with van der Waals surface area (Å²) < 4.78 is 34.6. The lowest BCUT2D eigenvalue weighted by Crippen LogP contribution is -2.54. The second kappa shape index (κ2) is 38.9. The number of fused-ring (bicyclic) bond motifs is 2. The van der Waals surface area contributed by atoms with E-state index in [0.29, 0.717) is 65.3 Å².